The van der Waals surface area contributed by atoms with Crippen molar-refractivity contribution in [2.24, 2.45) is 0 Å². The minimum absolute atomic E-state index is 0.204. The zero-order valence-electron chi connectivity index (χ0n) is 11.3. The van der Waals surface area contributed by atoms with Crippen molar-refractivity contribution in [2.75, 3.05) is 7.11 Å². The van der Waals surface area contributed by atoms with Gasteiger partial charge in [0.25, 0.3) is 5.56 Å². The van der Waals surface area contributed by atoms with Gasteiger partial charge in [-0.25, -0.2) is 4.98 Å². The molecular weight excluding hydrogens is 288 g/mol. The molecule has 0 aliphatic heterocycles. The van der Waals surface area contributed by atoms with Crippen molar-refractivity contribution in [1.29, 1.82) is 0 Å². The fourth-order valence-electron chi connectivity index (χ4n) is 1.79. The Hall–Kier alpha value is -2.38. The lowest BCUT2D eigenvalue weighted by molar-refractivity contribution is 0.183. The summed E-state index contributed by atoms with van der Waals surface area (Å²) in [6.45, 7) is 0.369. The number of nitrogens with zero attached hydrogens (tertiary/aromatic N) is 4. The van der Waals surface area contributed by atoms with E-state index in [1.807, 2.05) is 18.2 Å². The van der Waals surface area contributed by atoms with Gasteiger partial charge in [-0.1, -0.05) is 23.5 Å². The first-order valence-electron chi connectivity index (χ1n) is 6.23. The minimum atomic E-state index is -0.204. The molecule has 0 aliphatic carbocycles. The topological polar surface area (TPSA) is 69.4 Å². The zero-order valence-corrected chi connectivity index (χ0v) is 12.1. The molecule has 0 unspecified atom stereocenters. The van der Waals surface area contributed by atoms with Gasteiger partial charge in [0.15, 0.2) is 0 Å². The van der Waals surface area contributed by atoms with Crippen molar-refractivity contribution in [2.45, 2.75) is 6.61 Å². The van der Waals surface area contributed by atoms with Gasteiger partial charge in [-0.15, -0.1) is 0 Å². The molecule has 7 heteroatoms. The fraction of sp³-hybridized carbons (Fsp3) is 0.143. The molecule has 0 saturated heterocycles. The number of aromatic nitrogens is 4. The van der Waals surface area contributed by atoms with E-state index in [1.54, 1.807) is 25.6 Å². The standard InChI is InChI=1S/C14H12N4O2S/c1-20-9-12-17-18-13(19)7-11(16-14(18)21-12)5-4-10-3-2-6-15-8-10/h2-8H,9H2,1H3. The lowest BCUT2D eigenvalue weighted by atomic mass is 10.2. The van der Waals surface area contributed by atoms with Gasteiger partial charge < -0.3 is 4.74 Å². The predicted octanol–water partition coefficient (Wildman–Crippen LogP) is 1.86. The van der Waals surface area contributed by atoms with E-state index in [-0.39, 0.29) is 5.56 Å². The molecule has 3 rings (SSSR count). The van der Waals surface area contributed by atoms with Gasteiger partial charge in [0, 0.05) is 25.6 Å². The van der Waals surface area contributed by atoms with E-state index in [1.165, 1.54) is 21.9 Å². The van der Waals surface area contributed by atoms with E-state index < -0.39 is 0 Å². The Kier molecular flexibility index (Phi) is 3.85. The van der Waals surface area contributed by atoms with Crippen molar-refractivity contribution in [3.63, 3.8) is 0 Å². The average molecular weight is 300 g/mol. The summed E-state index contributed by atoms with van der Waals surface area (Å²) in [7, 11) is 1.59. The first kappa shape index (κ1) is 13.6. The average Bonchev–Trinajstić information content (AvgIpc) is 2.90. The van der Waals surface area contributed by atoms with Crippen molar-refractivity contribution in [3.8, 4) is 0 Å². The van der Waals surface area contributed by atoms with Gasteiger partial charge in [0.2, 0.25) is 4.96 Å². The monoisotopic (exact) mass is 300 g/mol. The smallest absolute Gasteiger partial charge is 0.275 e. The van der Waals surface area contributed by atoms with Gasteiger partial charge in [0.05, 0.1) is 12.3 Å². The Morgan fingerprint density at radius 1 is 1.43 bits per heavy atom. The second-order valence-electron chi connectivity index (χ2n) is 4.26. The Morgan fingerprint density at radius 3 is 3.10 bits per heavy atom. The zero-order chi connectivity index (χ0) is 14.7. The number of ether oxygens (including phenoxy) is 1. The largest absolute Gasteiger partial charge is 0.377 e. The summed E-state index contributed by atoms with van der Waals surface area (Å²) in [4.78, 5) is 21.0. The highest BCUT2D eigenvalue weighted by molar-refractivity contribution is 7.16. The van der Waals surface area contributed by atoms with Crippen LogP contribution in [0.5, 0.6) is 0 Å². The molecule has 0 saturated carbocycles. The van der Waals surface area contributed by atoms with E-state index >= 15 is 0 Å². The van der Waals surface area contributed by atoms with Crippen LogP contribution in [-0.4, -0.2) is 26.7 Å². The van der Waals surface area contributed by atoms with Crippen LogP contribution in [0.15, 0.2) is 35.4 Å². The first-order chi connectivity index (χ1) is 10.3. The maximum Gasteiger partial charge on any atom is 0.275 e. The van der Waals surface area contributed by atoms with Crippen LogP contribution in [0.25, 0.3) is 17.1 Å². The van der Waals surface area contributed by atoms with Crippen LogP contribution in [0.2, 0.25) is 0 Å². The van der Waals surface area contributed by atoms with Crippen molar-refractivity contribution in [1.82, 2.24) is 19.6 Å². The molecule has 0 amide bonds. The molecular formula is C14H12N4O2S. The lowest BCUT2D eigenvalue weighted by Crippen LogP contribution is -2.14. The quantitative estimate of drug-likeness (QED) is 0.735. The summed E-state index contributed by atoms with van der Waals surface area (Å²) in [5, 5.41) is 4.88. The van der Waals surface area contributed by atoms with E-state index in [9.17, 15) is 4.79 Å². The number of fused-ring (bicyclic) bond motifs is 1. The van der Waals surface area contributed by atoms with Gasteiger partial charge in [-0.3, -0.25) is 9.78 Å². The number of methoxy groups -OCH3 is 1. The molecule has 21 heavy (non-hydrogen) atoms. The van der Waals surface area contributed by atoms with E-state index in [0.29, 0.717) is 17.3 Å². The Bertz CT molecular complexity index is 839. The number of pyridine rings is 1. The Labute approximate surface area is 124 Å². The third kappa shape index (κ3) is 3.04. The van der Waals surface area contributed by atoms with Gasteiger partial charge >= 0.3 is 0 Å². The number of hydrogen-bond donors (Lipinski definition) is 0. The third-order valence-electron chi connectivity index (χ3n) is 2.71. The Balaban J connectivity index is 1.96. The molecule has 0 fully saturated rings. The fourth-order valence-corrected chi connectivity index (χ4v) is 2.67. The highest BCUT2D eigenvalue weighted by Gasteiger charge is 2.07. The van der Waals surface area contributed by atoms with Crippen LogP contribution in [-0.2, 0) is 11.3 Å². The summed E-state index contributed by atoms with van der Waals surface area (Å²) >= 11 is 1.34. The predicted molar refractivity (Wildman–Crippen MR) is 81.0 cm³/mol. The van der Waals surface area contributed by atoms with Crippen LogP contribution < -0.4 is 5.56 Å². The van der Waals surface area contributed by atoms with Crippen LogP contribution in [0, 0.1) is 0 Å². The molecule has 0 bridgehead atoms. The molecule has 106 valence electrons. The van der Waals surface area contributed by atoms with Gasteiger partial charge in [-0.2, -0.15) is 9.61 Å². The molecule has 6 nitrogen and oxygen atoms in total. The van der Waals surface area contributed by atoms with Crippen LogP contribution >= 0.6 is 11.3 Å². The maximum atomic E-state index is 12.0. The van der Waals surface area contributed by atoms with Crippen LogP contribution in [0.1, 0.15) is 16.3 Å². The highest BCUT2D eigenvalue weighted by Crippen LogP contribution is 2.13. The SMILES string of the molecule is COCc1nn2c(=O)cc(C=Cc3cccnc3)nc2s1. The maximum absolute atomic E-state index is 12.0. The van der Waals surface area contributed by atoms with Crippen LogP contribution in [0.3, 0.4) is 0 Å². The van der Waals surface area contributed by atoms with Gasteiger partial charge in [-0.05, 0) is 17.7 Å². The second-order valence-corrected chi connectivity index (χ2v) is 5.30. The molecule has 3 heterocycles. The summed E-state index contributed by atoms with van der Waals surface area (Å²) in [5.41, 5.74) is 1.34. The van der Waals surface area contributed by atoms with Crippen molar-refractivity contribution in [3.05, 3.63) is 57.2 Å². The molecule has 0 N–H and O–H groups in total. The molecule has 0 aromatic carbocycles. The van der Waals surface area contributed by atoms with Gasteiger partial charge in [0.1, 0.15) is 5.01 Å². The van der Waals surface area contributed by atoms with Crippen molar-refractivity contribution < 1.29 is 4.74 Å². The first-order valence-corrected chi connectivity index (χ1v) is 7.05. The van der Waals surface area contributed by atoms with E-state index in [2.05, 4.69) is 15.1 Å². The number of hydrogen-bond acceptors (Lipinski definition) is 6. The molecule has 0 spiro atoms. The van der Waals surface area contributed by atoms with Crippen LogP contribution in [0.4, 0.5) is 0 Å². The molecule has 0 aliphatic rings. The van der Waals surface area contributed by atoms with Crippen molar-refractivity contribution >= 4 is 28.4 Å². The molecule has 0 radical (unpaired) electrons. The number of rotatable bonds is 4. The summed E-state index contributed by atoms with van der Waals surface area (Å²) in [6, 6.07) is 5.24. The molecule has 3 aromatic rings. The Morgan fingerprint density at radius 2 is 2.33 bits per heavy atom. The summed E-state index contributed by atoms with van der Waals surface area (Å²) in [6.07, 6.45) is 7.10. The molecule has 3 aromatic heterocycles. The summed E-state index contributed by atoms with van der Waals surface area (Å²) in [5.74, 6) is 0. The molecule has 0 atom stereocenters. The summed E-state index contributed by atoms with van der Waals surface area (Å²) < 4.78 is 6.31. The van der Waals surface area contributed by atoms with E-state index in [0.717, 1.165) is 10.6 Å². The highest BCUT2D eigenvalue weighted by atomic mass is 32.1. The second kappa shape index (κ2) is 5.94. The normalized spacial score (nSPS) is 11.5. The minimum Gasteiger partial charge on any atom is -0.377 e. The van der Waals surface area contributed by atoms with E-state index in [4.69, 9.17) is 4.74 Å². The lowest BCUT2D eigenvalue weighted by Gasteiger charge is -1.94. The third-order valence-corrected chi connectivity index (χ3v) is 3.59.